The number of para-hydroxylation sites is 1. The molecule has 0 bridgehead atoms. The van der Waals surface area contributed by atoms with Gasteiger partial charge in [-0.25, -0.2) is 0 Å². The van der Waals surface area contributed by atoms with Gasteiger partial charge in [-0.15, -0.1) is 0 Å². The van der Waals surface area contributed by atoms with E-state index in [9.17, 15) is 5.11 Å². The number of phenols is 1. The van der Waals surface area contributed by atoms with Crippen LogP contribution in [-0.2, 0) is 0 Å². The Morgan fingerprint density at radius 2 is 1.93 bits per heavy atom. The molecule has 1 fully saturated rings. The number of fused-ring (bicyclic) bond motifs is 1. The lowest BCUT2D eigenvalue weighted by Gasteiger charge is -2.21. The maximum absolute atomic E-state index is 9.57. The van der Waals surface area contributed by atoms with E-state index in [-0.39, 0.29) is 5.75 Å². The van der Waals surface area contributed by atoms with Crippen molar-refractivity contribution in [1.29, 1.82) is 0 Å². The highest BCUT2D eigenvalue weighted by molar-refractivity contribution is 5.52. The lowest BCUT2D eigenvalue weighted by Crippen LogP contribution is -2.34. The molecule has 1 saturated carbocycles. The first-order valence-electron chi connectivity index (χ1n) is 4.99. The van der Waals surface area contributed by atoms with Gasteiger partial charge in [0.2, 0.25) is 5.75 Å². The fourth-order valence-corrected chi connectivity index (χ4v) is 2.21. The van der Waals surface area contributed by atoms with Crippen molar-refractivity contribution < 1.29 is 14.6 Å². The molecule has 3 heteroatoms. The first kappa shape index (κ1) is 7.97. The maximum atomic E-state index is 9.57. The van der Waals surface area contributed by atoms with E-state index in [1.165, 1.54) is 0 Å². The molecule has 14 heavy (non-hydrogen) atoms. The lowest BCUT2D eigenvalue weighted by atomic mass is 10.2. The Bertz CT molecular complexity index is 367. The molecule has 0 saturated heterocycles. The van der Waals surface area contributed by atoms with Gasteiger partial charge in [0, 0.05) is 12.8 Å². The van der Waals surface area contributed by atoms with E-state index in [1.54, 1.807) is 12.1 Å². The standard InChI is InChI=1S/C11H12O3/c12-8-4-3-5-9-10(8)14-11(13-9)6-1-2-7-11/h3-5,12H,1-2,6-7H2. The highest BCUT2D eigenvalue weighted by Gasteiger charge is 2.44. The van der Waals surface area contributed by atoms with Crippen molar-refractivity contribution in [3.8, 4) is 17.2 Å². The van der Waals surface area contributed by atoms with Gasteiger partial charge in [-0.05, 0) is 25.0 Å². The highest BCUT2D eigenvalue weighted by Crippen LogP contribution is 2.50. The van der Waals surface area contributed by atoms with Crippen LogP contribution < -0.4 is 9.47 Å². The van der Waals surface area contributed by atoms with E-state index >= 15 is 0 Å². The van der Waals surface area contributed by atoms with Gasteiger partial charge in [-0.3, -0.25) is 0 Å². The molecule has 1 spiro atoms. The number of hydrogen-bond donors (Lipinski definition) is 1. The zero-order valence-corrected chi connectivity index (χ0v) is 7.82. The molecule has 0 radical (unpaired) electrons. The normalized spacial score (nSPS) is 21.7. The smallest absolute Gasteiger partial charge is 0.251 e. The van der Waals surface area contributed by atoms with E-state index in [1.807, 2.05) is 6.07 Å². The Hall–Kier alpha value is -1.38. The van der Waals surface area contributed by atoms with Crippen LogP contribution in [0.1, 0.15) is 25.7 Å². The molecule has 74 valence electrons. The number of hydrogen-bond acceptors (Lipinski definition) is 3. The monoisotopic (exact) mass is 192 g/mol. The zero-order chi connectivity index (χ0) is 9.60. The van der Waals surface area contributed by atoms with Crippen LogP contribution in [0.4, 0.5) is 0 Å². The number of benzene rings is 1. The Kier molecular flexibility index (Phi) is 1.46. The van der Waals surface area contributed by atoms with Crippen molar-refractivity contribution in [1.82, 2.24) is 0 Å². The van der Waals surface area contributed by atoms with Crippen molar-refractivity contribution in [2.75, 3.05) is 0 Å². The average Bonchev–Trinajstić information content (AvgIpc) is 2.75. The topological polar surface area (TPSA) is 38.7 Å². The van der Waals surface area contributed by atoms with Crippen molar-refractivity contribution >= 4 is 0 Å². The van der Waals surface area contributed by atoms with Crippen LogP contribution in [0.3, 0.4) is 0 Å². The van der Waals surface area contributed by atoms with Gasteiger partial charge >= 0.3 is 0 Å². The van der Waals surface area contributed by atoms with E-state index in [0.29, 0.717) is 11.5 Å². The second-order valence-corrected chi connectivity index (χ2v) is 3.93. The van der Waals surface area contributed by atoms with Crippen LogP contribution in [0.5, 0.6) is 17.2 Å². The van der Waals surface area contributed by atoms with E-state index in [0.717, 1.165) is 25.7 Å². The molecule has 1 N–H and O–H groups in total. The molecular weight excluding hydrogens is 180 g/mol. The third-order valence-corrected chi connectivity index (χ3v) is 2.91. The molecule has 0 amide bonds. The summed E-state index contributed by atoms with van der Waals surface area (Å²) in [5, 5.41) is 9.57. The fourth-order valence-electron chi connectivity index (χ4n) is 2.21. The molecule has 1 aromatic carbocycles. The number of phenolic OH excluding ortho intramolecular Hbond substituents is 1. The third kappa shape index (κ3) is 0.983. The molecule has 1 aliphatic heterocycles. The van der Waals surface area contributed by atoms with Crippen LogP contribution in [-0.4, -0.2) is 10.9 Å². The first-order chi connectivity index (χ1) is 6.79. The van der Waals surface area contributed by atoms with Crippen molar-refractivity contribution in [3.05, 3.63) is 18.2 Å². The van der Waals surface area contributed by atoms with Gasteiger partial charge in [0.25, 0.3) is 5.79 Å². The Labute approximate surface area is 82.3 Å². The van der Waals surface area contributed by atoms with Crippen molar-refractivity contribution in [3.63, 3.8) is 0 Å². The summed E-state index contributed by atoms with van der Waals surface area (Å²) in [6.07, 6.45) is 4.10. The predicted molar refractivity (Wildman–Crippen MR) is 50.6 cm³/mol. The Morgan fingerprint density at radius 3 is 2.64 bits per heavy atom. The molecule has 2 aliphatic rings. The highest BCUT2D eigenvalue weighted by atomic mass is 16.7. The largest absolute Gasteiger partial charge is 0.504 e. The summed E-state index contributed by atoms with van der Waals surface area (Å²) in [5.74, 6) is 0.883. The van der Waals surface area contributed by atoms with Crippen molar-refractivity contribution in [2.45, 2.75) is 31.5 Å². The van der Waals surface area contributed by atoms with Gasteiger partial charge in [0.15, 0.2) is 11.5 Å². The number of ether oxygens (including phenoxy) is 2. The van der Waals surface area contributed by atoms with E-state index in [2.05, 4.69) is 0 Å². The predicted octanol–water partition coefficient (Wildman–Crippen LogP) is 2.43. The molecule has 0 unspecified atom stereocenters. The second kappa shape index (κ2) is 2.56. The minimum absolute atomic E-state index is 0.172. The summed E-state index contributed by atoms with van der Waals surface area (Å²) < 4.78 is 11.5. The third-order valence-electron chi connectivity index (χ3n) is 2.91. The second-order valence-electron chi connectivity index (χ2n) is 3.93. The quantitative estimate of drug-likeness (QED) is 0.686. The molecule has 1 aliphatic carbocycles. The lowest BCUT2D eigenvalue weighted by molar-refractivity contribution is -0.0723. The van der Waals surface area contributed by atoms with Gasteiger partial charge in [-0.2, -0.15) is 0 Å². The van der Waals surface area contributed by atoms with Gasteiger partial charge in [-0.1, -0.05) is 6.07 Å². The number of rotatable bonds is 0. The van der Waals surface area contributed by atoms with Crippen LogP contribution in [0, 0.1) is 0 Å². The summed E-state index contributed by atoms with van der Waals surface area (Å²) >= 11 is 0. The van der Waals surface area contributed by atoms with Crippen LogP contribution in [0.2, 0.25) is 0 Å². The SMILES string of the molecule is Oc1cccc2c1OC1(CCCC1)O2. The van der Waals surface area contributed by atoms with Crippen LogP contribution in [0.15, 0.2) is 18.2 Å². The zero-order valence-electron chi connectivity index (χ0n) is 7.82. The fraction of sp³-hybridized carbons (Fsp3) is 0.455. The summed E-state index contributed by atoms with van der Waals surface area (Å²) in [6.45, 7) is 0. The van der Waals surface area contributed by atoms with Gasteiger partial charge < -0.3 is 14.6 Å². The van der Waals surface area contributed by atoms with Crippen molar-refractivity contribution in [2.24, 2.45) is 0 Å². The molecule has 0 atom stereocenters. The molecule has 3 rings (SSSR count). The first-order valence-corrected chi connectivity index (χ1v) is 4.99. The van der Waals surface area contributed by atoms with Crippen LogP contribution >= 0.6 is 0 Å². The minimum atomic E-state index is -0.471. The summed E-state index contributed by atoms with van der Waals surface area (Å²) in [6, 6.07) is 5.23. The van der Waals surface area contributed by atoms with Gasteiger partial charge in [0.05, 0.1) is 0 Å². The summed E-state index contributed by atoms with van der Waals surface area (Å²) in [7, 11) is 0. The summed E-state index contributed by atoms with van der Waals surface area (Å²) in [5.41, 5.74) is 0. The van der Waals surface area contributed by atoms with E-state index in [4.69, 9.17) is 9.47 Å². The summed E-state index contributed by atoms with van der Waals surface area (Å²) in [4.78, 5) is 0. The molecule has 0 aromatic heterocycles. The molecular formula is C11H12O3. The van der Waals surface area contributed by atoms with Gasteiger partial charge in [0.1, 0.15) is 0 Å². The molecule has 1 heterocycles. The minimum Gasteiger partial charge on any atom is -0.504 e. The average molecular weight is 192 g/mol. The van der Waals surface area contributed by atoms with Crippen LogP contribution in [0.25, 0.3) is 0 Å². The van der Waals surface area contributed by atoms with E-state index < -0.39 is 5.79 Å². The number of aromatic hydroxyl groups is 1. The molecule has 3 nitrogen and oxygen atoms in total. The Balaban J connectivity index is 2.00. The molecule has 1 aromatic rings. The maximum Gasteiger partial charge on any atom is 0.251 e. The Morgan fingerprint density at radius 1 is 1.14 bits per heavy atom.